The Morgan fingerprint density at radius 1 is 0.217 bits per heavy atom. The quantitative estimate of drug-likeness (QED) is 0.122. The molecule has 0 saturated carbocycles. The molecule has 0 fully saturated rings. The Bertz CT molecular complexity index is 3980. The summed E-state index contributed by atoms with van der Waals surface area (Å²) in [6.45, 7) is 4.57. The molecule has 0 radical (unpaired) electrons. The molecule has 1 aliphatic carbocycles. The van der Waals surface area contributed by atoms with E-state index < -0.39 is 0 Å². The van der Waals surface area contributed by atoms with E-state index in [4.69, 9.17) is 0 Å². The highest BCUT2D eigenvalue weighted by Crippen LogP contribution is 2.57. The molecule has 0 saturated heterocycles. The zero-order chi connectivity index (χ0) is 39.1. The fourth-order valence-electron chi connectivity index (χ4n) is 12.3. The highest BCUT2D eigenvalue weighted by molar-refractivity contribution is 6.47. The molecule has 0 heterocycles. The summed E-state index contributed by atoms with van der Waals surface area (Å²) < 4.78 is 0. The molecule has 60 heavy (non-hydrogen) atoms. The van der Waals surface area contributed by atoms with Crippen molar-refractivity contribution in [1.82, 2.24) is 0 Å². The highest BCUT2D eigenvalue weighted by atomic mass is 14.3. The largest absolute Gasteiger partial charge is 0.0620 e. The molecule has 274 valence electrons. The smallest absolute Gasteiger partial charge is 0.000730 e. The summed E-state index contributed by atoms with van der Waals surface area (Å²) in [6, 6.07) is 65.2. The molecule has 0 heteroatoms. The molecule has 14 aromatic carbocycles. The summed E-state index contributed by atoms with van der Waals surface area (Å²) in [7, 11) is 0. The van der Waals surface area contributed by atoms with Crippen LogP contribution in [0.5, 0.6) is 0 Å². The van der Waals surface area contributed by atoms with Crippen LogP contribution in [0.1, 0.15) is 11.1 Å². The van der Waals surface area contributed by atoms with Crippen molar-refractivity contribution >= 4 is 108 Å². The number of rotatable bonds is 2. The van der Waals surface area contributed by atoms with Gasteiger partial charge in [0.05, 0.1) is 0 Å². The van der Waals surface area contributed by atoms with Crippen LogP contribution >= 0.6 is 0 Å². The SMILES string of the molecule is Cc1ccccc1-c1c2cc3c(cc2c(-c2ccccc2C)c2c4ccc5c6ccc7c8c(ccc(c9ccc(c12)c4c95)c86)-c1ccccc1-7)c1cccc2cccc3c21. The van der Waals surface area contributed by atoms with E-state index >= 15 is 0 Å². The van der Waals surface area contributed by atoms with Gasteiger partial charge in [-0.05, 0) is 189 Å². The first-order chi connectivity index (χ1) is 29.6. The Morgan fingerprint density at radius 3 is 1.08 bits per heavy atom. The molecule has 0 unspecified atom stereocenters. The minimum Gasteiger partial charge on any atom is -0.0620 e. The fourth-order valence-corrected chi connectivity index (χ4v) is 12.3. The van der Waals surface area contributed by atoms with Gasteiger partial charge >= 0.3 is 0 Å². The standard InChI is InChI=1S/C60H34/c1-31-11-3-5-15-34(31)53-50-29-48-38-19-9-13-33-14-10-20-39(52(33)38)49(48)30-51(50)54(35-16-6-4-12-32(35)2)60-47-28-26-45-43-24-22-41-37-18-8-7-17-36(37)40-21-23-42(56(43)55(40)41)44-25-27-46(59(53)60)58(47)57(44)45/h3-30H,1-2H3. The number of hydrogen-bond acceptors (Lipinski definition) is 0. The maximum Gasteiger partial charge on any atom is -0.000730 e. The van der Waals surface area contributed by atoms with Crippen LogP contribution in [0, 0.1) is 13.8 Å². The minimum atomic E-state index is 1.29. The van der Waals surface area contributed by atoms with Gasteiger partial charge in [-0.15, -0.1) is 0 Å². The lowest BCUT2D eigenvalue weighted by molar-refractivity contribution is 1.47. The molecule has 15 rings (SSSR count). The summed E-state index contributed by atoms with van der Waals surface area (Å²) >= 11 is 0. The van der Waals surface area contributed by atoms with Gasteiger partial charge in [0.1, 0.15) is 0 Å². The summed E-state index contributed by atoms with van der Waals surface area (Å²) in [4.78, 5) is 0. The number of hydrogen-bond donors (Lipinski definition) is 0. The van der Waals surface area contributed by atoms with Crippen molar-refractivity contribution in [2.24, 2.45) is 0 Å². The average molecular weight is 755 g/mol. The Balaban J connectivity index is 1.20. The first-order valence-corrected chi connectivity index (χ1v) is 21.3. The van der Waals surface area contributed by atoms with Gasteiger partial charge in [-0.25, -0.2) is 0 Å². The Kier molecular flexibility index (Phi) is 5.63. The minimum absolute atomic E-state index is 1.29. The van der Waals surface area contributed by atoms with Gasteiger partial charge in [-0.2, -0.15) is 0 Å². The van der Waals surface area contributed by atoms with Crippen LogP contribution in [0.25, 0.3) is 152 Å². The second-order valence-electron chi connectivity index (χ2n) is 17.5. The molecule has 0 aliphatic heterocycles. The number of aryl methyl sites for hydroxylation is 2. The zero-order valence-corrected chi connectivity index (χ0v) is 33.2. The van der Waals surface area contributed by atoms with Gasteiger partial charge in [-0.1, -0.05) is 158 Å². The first-order valence-electron chi connectivity index (χ1n) is 21.3. The molecule has 0 atom stereocenters. The van der Waals surface area contributed by atoms with E-state index in [1.807, 2.05) is 0 Å². The van der Waals surface area contributed by atoms with Crippen molar-refractivity contribution in [2.45, 2.75) is 13.8 Å². The molecule has 0 aromatic heterocycles. The summed E-state index contributed by atoms with van der Waals surface area (Å²) in [5, 5.41) is 27.0. The van der Waals surface area contributed by atoms with Crippen molar-refractivity contribution < 1.29 is 0 Å². The van der Waals surface area contributed by atoms with Crippen LogP contribution in [0.15, 0.2) is 170 Å². The maximum atomic E-state index is 2.55. The summed E-state index contributed by atoms with van der Waals surface area (Å²) in [6.07, 6.45) is 0. The van der Waals surface area contributed by atoms with Crippen LogP contribution < -0.4 is 0 Å². The fraction of sp³-hybridized carbons (Fsp3) is 0.0333. The zero-order valence-electron chi connectivity index (χ0n) is 33.2. The van der Waals surface area contributed by atoms with E-state index in [2.05, 4.69) is 184 Å². The maximum absolute atomic E-state index is 2.55. The molecular formula is C60H34. The van der Waals surface area contributed by atoms with Crippen LogP contribution in [0.2, 0.25) is 0 Å². The lowest BCUT2D eigenvalue weighted by atomic mass is 9.84. The Morgan fingerprint density at radius 2 is 0.600 bits per heavy atom. The van der Waals surface area contributed by atoms with Gasteiger partial charge in [-0.3, -0.25) is 0 Å². The third-order valence-electron chi connectivity index (χ3n) is 14.7. The lowest BCUT2D eigenvalue weighted by Crippen LogP contribution is -1.92. The predicted octanol–water partition coefficient (Wildman–Crippen LogP) is 17.1. The summed E-state index contributed by atoms with van der Waals surface area (Å²) in [5.74, 6) is 0. The van der Waals surface area contributed by atoms with Crippen molar-refractivity contribution in [3.8, 4) is 44.5 Å². The molecule has 1 aliphatic rings. The lowest BCUT2D eigenvalue weighted by Gasteiger charge is -2.19. The monoisotopic (exact) mass is 754 g/mol. The molecule has 0 spiro atoms. The van der Waals surface area contributed by atoms with Crippen molar-refractivity contribution in [1.29, 1.82) is 0 Å². The van der Waals surface area contributed by atoms with Crippen LogP contribution in [-0.2, 0) is 0 Å². The van der Waals surface area contributed by atoms with Crippen LogP contribution in [0.3, 0.4) is 0 Å². The second-order valence-corrected chi connectivity index (χ2v) is 17.5. The second kappa shape index (κ2) is 10.7. The van der Waals surface area contributed by atoms with Crippen molar-refractivity contribution in [3.63, 3.8) is 0 Å². The van der Waals surface area contributed by atoms with E-state index in [9.17, 15) is 0 Å². The van der Waals surface area contributed by atoms with E-state index in [-0.39, 0.29) is 0 Å². The Hall–Kier alpha value is -7.54. The normalized spacial score (nSPS) is 12.8. The molecule has 0 amide bonds. The average Bonchev–Trinajstić information content (AvgIpc) is 3.92. The summed E-state index contributed by atoms with van der Waals surface area (Å²) in [5.41, 5.74) is 13.3. The van der Waals surface area contributed by atoms with Gasteiger partial charge < -0.3 is 0 Å². The van der Waals surface area contributed by atoms with Crippen LogP contribution in [-0.4, -0.2) is 0 Å². The van der Waals surface area contributed by atoms with Crippen LogP contribution in [0.4, 0.5) is 0 Å². The Labute approximate surface area is 345 Å². The van der Waals surface area contributed by atoms with Gasteiger partial charge in [0, 0.05) is 0 Å². The van der Waals surface area contributed by atoms with Gasteiger partial charge in [0.15, 0.2) is 0 Å². The molecule has 0 nitrogen and oxygen atoms in total. The van der Waals surface area contributed by atoms with Crippen molar-refractivity contribution in [2.75, 3.05) is 0 Å². The number of fused-ring (bicyclic) bond motifs is 12. The topological polar surface area (TPSA) is 0 Å². The van der Waals surface area contributed by atoms with Gasteiger partial charge in [0.2, 0.25) is 0 Å². The van der Waals surface area contributed by atoms with E-state index in [1.165, 1.54) is 163 Å². The third-order valence-corrected chi connectivity index (χ3v) is 14.7. The molecular weight excluding hydrogens is 721 g/mol. The molecule has 14 aromatic rings. The predicted molar refractivity (Wildman–Crippen MR) is 260 cm³/mol. The van der Waals surface area contributed by atoms with Gasteiger partial charge in [0.25, 0.3) is 0 Å². The third kappa shape index (κ3) is 3.59. The van der Waals surface area contributed by atoms with E-state index in [1.54, 1.807) is 0 Å². The number of benzene rings is 12. The van der Waals surface area contributed by atoms with E-state index in [0.29, 0.717) is 0 Å². The van der Waals surface area contributed by atoms with E-state index in [0.717, 1.165) is 0 Å². The molecule has 0 N–H and O–H groups in total. The highest BCUT2D eigenvalue weighted by Gasteiger charge is 2.29. The molecule has 0 bridgehead atoms. The first kappa shape index (κ1) is 31.5. The van der Waals surface area contributed by atoms with Crippen molar-refractivity contribution in [3.05, 3.63) is 181 Å².